The van der Waals surface area contributed by atoms with E-state index >= 15 is 0 Å². The highest BCUT2D eigenvalue weighted by Crippen LogP contribution is 2.31. The van der Waals surface area contributed by atoms with E-state index in [1.54, 1.807) is 22.8 Å². The summed E-state index contributed by atoms with van der Waals surface area (Å²) < 4.78 is 21.2. The van der Waals surface area contributed by atoms with Gasteiger partial charge in [0.15, 0.2) is 10.9 Å². The number of aryl methyl sites for hydroxylation is 1. The van der Waals surface area contributed by atoms with Gasteiger partial charge in [-0.15, -0.1) is 11.3 Å². The molecule has 0 spiro atoms. The molecule has 1 saturated heterocycles. The molecule has 0 aliphatic carbocycles. The lowest BCUT2D eigenvalue weighted by Crippen LogP contribution is -2.37. The number of carbonyl (C=O) groups is 1. The number of piperidine rings is 1. The molecule has 3 aromatic heterocycles. The van der Waals surface area contributed by atoms with Crippen molar-refractivity contribution < 1.29 is 13.9 Å². The number of likely N-dealkylation sites (tertiary alicyclic amines) is 1. The van der Waals surface area contributed by atoms with Crippen LogP contribution in [0.3, 0.4) is 0 Å². The lowest BCUT2D eigenvalue weighted by Gasteiger charge is -2.30. The number of amides is 1. The standard InChI is InChI=1S/C26H29FN8O3S/c1-17-22(38-10-9-34-7-5-18(6-8-34)13-31-37)15-35-24(17)25(29-16-30-35)33-26-28-14-21(39-26)12-23(36)32-20-4-2-3-19(27)11-20/h2-4,11,14-16,18H,5-10,12-13H2,1H3,(H,32,36)(H,28,29,30,33). The number of halogens is 1. The van der Waals surface area contributed by atoms with E-state index in [1.807, 2.05) is 13.1 Å². The van der Waals surface area contributed by atoms with Crippen molar-refractivity contribution >= 4 is 39.4 Å². The summed E-state index contributed by atoms with van der Waals surface area (Å²) >= 11 is 1.34. The van der Waals surface area contributed by atoms with E-state index in [0.29, 0.717) is 35.7 Å². The summed E-state index contributed by atoms with van der Waals surface area (Å²) in [6, 6.07) is 5.77. The fourth-order valence-corrected chi connectivity index (χ4v) is 5.45. The van der Waals surface area contributed by atoms with Crippen molar-refractivity contribution in [2.45, 2.75) is 26.2 Å². The van der Waals surface area contributed by atoms with Gasteiger partial charge in [0.2, 0.25) is 5.91 Å². The first-order valence-electron chi connectivity index (χ1n) is 12.7. The molecular weight excluding hydrogens is 523 g/mol. The molecule has 1 amide bonds. The van der Waals surface area contributed by atoms with Crippen LogP contribution in [0.25, 0.3) is 5.52 Å². The lowest BCUT2D eigenvalue weighted by molar-refractivity contribution is -0.115. The summed E-state index contributed by atoms with van der Waals surface area (Å²) in [5, 5.41) is 13.9. The van der Waals surface area contributed by atoms with Crippen molar-refractivity contribution in [2.75, 3.05) is 43.4 Å². The van der Waals surface area contributed by atoms with Crippen LogP contribution in [-0.2, 0) is 11.2 Å². The SMILES string of the molecule is Cc1c(OCCN2CCC(CN=O)CC2)cn2ncnc(Nc3ncc(CC(=O)Nc4cccc(F)c4)s3)c12. The molecule has 5 rings (SSSR count). The molecule has 1 aliphatic heterocycles. The Bertz CT molecular complexity index is 1450. The smallest absolute Gasteiger partial charge is 0.229 e. The molecule has 0 unspecified atom stereocenters. The summed E-state index contributed by atoms with van der Waals surface area (Å²) in [6.07, 6.45) is 7.02. The Morgan fingerprint density at radius 3 is 2.92 bits per heavy atom. The molecule has 4 aromatic rings. The zero-order chi connectivity index (χ0) is 27.2. The highest BCUT2D eigenvalue weighted by atomic mass is 32.1. The first-order chi connectivity index (χ1) is 19.0. The topological polar surface area (TPSA) is 126 Å². The van der Waals surface area contributed by atoms with Crippen LogP contribution in [0.4, 0.5) is 21.0 Å². The van der Waals surface area contributed by atoms with E-state index in [0.717, 1.165) is 54.2 Å². The maximum Gasteiger partial charge on any atom is 0.229 e. The normalized spacial score (nSPS) is 14.4. The van der Waals surface area contributed by atoms with Gasteiger partial charge >= 0.3 is 0 Å². The Kier molecular flexibility index (Phi) is 8.37. The van der Waals surface area contributed by atoms with Crippen molar-refractivity contribution in [2.24, 2.45) is 11.1 Å². The van der Waals surface area contributed by atoms with E-state index in [2.05, 4.69) is 35.8 Å². The number of fused-ring (bicyclic) bond motifs is 1. The zero-order valence-electron chi connectivity index (χ0n) is 21.5. The van der Waals surface area contributed by atoms with Crippen LogP contribution in [0.1, 0.15) is 23.3 Å². The molecule has 0 atom stereocenters. The van der Waals surface area contributed by atoms with Gasteiger partial charge in [-0.25, -0.2) is 18.9 Å². The Morgan fingerprint density at radius 2 is 2.13 bits per heavy atom. The molecule has 1 aliphatic rings. The molecule has 0 radical (unpaired) electrons. The van der Waals surface area contributed by atoms with E-state index in [9.17, 15) is 14.1 Å². The zero-order valence-corrected chi connectivity index (χ0v) is 22.3. The first kappa shape index (κ1) is 26.6. The van der Waals surface area contributed by atoms with Gasteiger partial charge in [0.25, 0.3) is 0 Å². The fourth-order valence-electron chi connectivity index (χ4n) is 4.64. The highest BCUT2D eigenvalue weighted by Gasteiger charge is 2.20. The maximum absolute atomic E-state index is 13.4. The largest absolute Gasteiger partial charge is 0.490 e. The third-order valence-electron chi connectivity index (χ3n) is 6.71. The molecule has 1 fully saturated rings. The average molecular weight is 553 g/mol. The van der Waals surface area contributed by atoms with Crippen LogP contribution in [-0.4, -0.2) is 63.2 Å². The Hall–Kier alpha value is -3.97. The third-order valence-corrected chi connectivity index (χ3v) is 7.62. The predicted octanol–water partition coefficient (Wildman–Crippen LogP) is 4.42. The Balaban J connectivity index is 1.18. The van der Waals surface area contributed by atoms with E-state index in [4.69, 9.17) is 4.74 Å². The summed E-state index contributed by atoms with van der Waals surface area (Å²) in [4.78, 5) is 34.8. The molecule has 39 heavy (non-hydrogen) atoms. The third kappa shape index (κ3) is 6.73. The van der Waals surface area contributed by atoms with E-state index < -0.39 is 5.82 Å². The Labute approximate surface area is 228 Å². The fraction of sp³-hybridized carbons (Fsp3) is 0.385. The van der Waals surface area contributed by atoms with E-state index in [1.165, 1.54) is 29.8 Å². The number of nitroso groups, excluding NO2 is 1. The van der Waals surface area contributed by atoms with Gasteiger partial charge in [-0.2, -0.15) is 10.0 Å². The number of anilines is 3. The number of nitrogens with zero attached hydrogens (tertiary/aromatic N) is 6. The summed E-state index contributed by atoms with van der Waals surface area (Å²) in [6.45, 7) is 5.61. The first-order valence-corrected chi connectivity index (χ1v) is 13.5. The molecule has 4 heterocycles. The minimum absolute atomic E-state index is 0.114. The van der Waals surface area contributed by atoms with Gasteiger partial charge < -0.3 is 15.4 Å². The minimum atomic E-state index is -0.410. The molecular formula is C26H29FN8O3S. The second-order valence-corrected chi connectivity index (χ2v) is 10.6. The van der Waals surface area contributed by atoms with Gasteiger partial charge in [0.05, 0.1) is 19.2 Å². The average Bonchev–Trinajstić information content (AvgIpc) is 3.49. The minimum Gasteiger partial charge on any atom is -0.490 e. The number of aromatic nitrogens is 4. The van der Waals surface area contributed by atoms with Gasteiger partial charge in [0.1, 0.15) is 30.0 Å². The van der Waals surface area contributed by atoms with Crippen LogP contribution >= 0.6 is 11.3 Å². The predicted molar refractivity (Wildman–Crippen MR) is 147 cm³/mol. The number of rotatable bonds is 11. The Morgan fingerprint density at radius 1 is 1.28 bits per heavy atom. The van der Waals surface area contributed by atoms with E-state index in [-0.39, 0.29) is 12.3 Å². The molecule has 204 valence electrons. The summed E-state index contributed by atoms with van der Waals surface area (Å²) in [5.74, 6) is 1.04. The lowest BCUT2D eigenvalue weighted by atomic mass is 9.97. The van der Waals surface area contributed by atoms with Crippen LogP contribution in [0, 0.1) is 23.6 Å². The number of ether oxygens (including phenoxy) is 1. The van der Waals surface area contributed by atoms with Crippen molar-refractivity contribution in [3.8, 4) is 5.75 Å². The van der Waals surface area contributed by atoms with Gasteiger partial charge in [-0.3, -0.25) is 9.69 Å². The molecule has 13 heteroatoms. The van der Waals surface area contributed by atoms with Crippen molar-refractivity contribution in [1.29, 1.82) is 0 Å². The number of hydrogen-bond acceptors (Lipinski definition) is 10. The number of thiazole rings is 1. The number of carbonyl (C=O) groups excluding carboxylic acids is 1. The second kappa shape index (κ2) is 12.3. The van der Waals surface area contributed by atoms with Crippen molar-refractivity contribution in [3.63, 3.8) is 0 Å². The molecule has 2 N–H and O–H groups in total. The highest BCUT2D eigenvalue weighted by molar-refractivity contribution is 7.15. The van der Waals surface area contributed by atoms with Crippen LogP contribution < -0.4 is 15.4 Å². The van der Waals surface area contributed by atoms with Gasteiger partial charge in [-0.05, 0) is 57.0 Å². The van der Waals surface area contributed by atoms with Gasteiger partial charge in [0, 0.05) is 28.9 Å². The van der Waals surface area contributed by atoms with Crippen molar-refractivity contribution in [3.05, 3.63) is 64.2 Å². The van der Waals surface area contributed by atoms with Crippen molar-refractivity contribution in [1.82, 2.24) is 24.5 Å². The molecule has 1 aromatic carbocycles. The number of benzene rings is 1. The summed E-state index contributed by atoms with van der Waals surface area (Å²) in [7, 11) is 0. The maximum atomic E-state index is 13.4. The quantitative estimate of drug-likeness (QED) is 0.262. The second-order valence-electron chi connectivity index (χ2n) is 9.46. The molecule has 0 bridgehead atoms. The van der Waals surface area contributed by atoms with Crippen LogP contribution in [0.2, 0.25) is 0 Å². The van der Waals surface area contributed by atoms with Gasteiger partial charge in [-0.1, -0.05) is 11.2 Å². The molecule has 11 nitrogen and oxygen atoms in total. The number of hydrogen-bond donors (Lipinski definition) is 2. The monoisotopic (exact) mass is 552 g/mol. The van der Waals surface area contributed by atoms with Crippen LogP contribution in [0.5, 0.6) is 5.75 Å². The number of nitrogens with one attached hydrogen (secondary N) is 2. The summed E-state index contributed by atoms with van der Waals surface area (Å²) in [5.41, 5.74) is 2.08. The molecule has 0 saturated carbocycles. The van der Waals surface area contributed by atoms with Crippen LogP contribution in [0.15, 0.2) is 48.2 Å².